The Hall–Kier alpha value is -2.57. The summed E-state index contributed by atoms with van der Waals surface area (Å²) in [7, 11) is 4.00. The zero-order chi connectivity index (χ0) is 19.2. The number of rotatable bonds is 7. The second-order valence-corrected chi connectivity index (χ2v) is 6.87. The van der Waals surface area contributed by atoms with Gasteiger partial charge in [-0.15, -0.1) is 0 Å². The second kappa shape index (κ2) is 8.88. The molecule has 0 amide bonds. The van der Waals surface area contributed by atoms with E-state index in [0.29, 0.717) is 19.7 Å². The van der Waals surface area contributed by atoms with Crippen molar-refractivity contribution in [1.29, 1.82) is 0 Å². The predicted octanol–water partition coefficient (Wildman–Crippen LogP) is 3.39. The van der Waals surface area contributed by atoms with E-state index in [0.717, 1.165) is 29.3 Å². The lowest BCUT2D eigenvalue weighted by Crippen LogP contribution is -2.39. The summed E-state index contributed by atoms with van der Waals surface area (Å²) in [5.74, 6) is 0.800. The molecule has 144 valence electrons. The Morgan fingerprint density at radius 2 is 2.00 bits per heavy atom. The summed E-state index contributed by atoms with van der Waals surface area (Å²) in [6.07, 6.45) is 0.115. The minimum atomic E-state index is -0.766. The van der Waals surface area contributed by atoms with Crippen molar-refractivity contribution in [3.05, 3.63) is 54.1 Å². The first-order valence-electron chi connectivity index (χ1n) is 9.12. The van der Waals surface area contributed by atoms with Crippen molar-refractivity contribution in [3.8, 4) is 11.5 Å². The van der Waals surface area contributed by atoms with Crippen molar-refractivity contribution in [3.63, 3.8) is 0 Å². The standard InChI is InChI=1S/C21H26N2O4/c1-22(2)17-4-3-5-19(14-17)27-18-8-6-16(7-9-18)20-15-23(12-13-26-20)11-10-21(24)25/h3-9,14,20H,10-13,15H2,1-2H3,(H,24,25). The van der Waals surface area contributed by atoms with Crippen molar-refractivity contribution in [1.82, 2.24) is 4.90 Å². The summed E-state index contributed by atoms with van der Waals surface area (Å²) in [5, 5.41) is 8.85. The van der Waals surface area contributed by atoms with Crippen molar-refractivity contribution in [2.75, 3.05) is 45.2 Å². The van der Waals surface area contributed by atoms with E-state index in [2.05, 4.69) is 4.90 Å². The van der Waals surface area contributed by atoms with E-state index in [-0.39, 0.29) is 12.5 Å². The number of carbonyl (C=O) groups is 1. The SMILES string of the molecule is CN(C)c1cccc(Oc2ccc(C3CN(CCC(=O)O)CCO3)cc2)c1. The molecule has 0 radical (unpaired) electrons. The number of morpholine rings is 1. The number of benzene rings is 2. The molecule has 2 aromatic rings. The Labute approximate surface area is 159 Å². The molecule has 0 aliphatic carbocycles. The quantitative estimate of drug-likeness (QED) is 0.806. The Bertz CT molecular complexity index is 761. The summed E-state index contributed by atoms with van der Waals surface area (Å²) in [5.41, 5.74) is 2.16. The smallest absolute Gasteiger partial charge is 0.304 e. The maximum atomic E-state index is 10.8. The fourth-order valence-corrected chi connectivity index (χ4v) is 3.07. The van der Waals surface area contributed by atoms with E-state index in [9.17, 15) is 4.79 Å². The zero-order valence-corrected chi connectivity index (χ0v) is 15.8. The first kappa shape index (κ1) is 19.2. The van der Waals surface area contributed by atoms with E-state index in [1.54, 1.807) is 0 Å². The van der Waals surface area contributed by atoms with Crippen LogP contribution in [0.25, 0.3) is 0 Å². The van der Waals surface area contributed by atoms with Crippen LogP contribution in [-0.2, 0) is 9.53 Å². The molecule has 3 rings (SSSR count). The van der Waals surface area contributed by atoms with Gasteiger partial charge in [-0.3, -0.25) is 9.69 Å². The molecule has 27 heavy (non-hydrogen) atoms. The molecular formula is C21H26N2O4. The van der Waals surface area contributed by atoms with Crippen LogP contribution in [0.3, 0.4) is 0 Å². The fourth-order valence-electron chi connectivity index (χ4n) is 3.07. The lowest BCUT2D eigenvalue weighted by atomic mass is 10.1. The van der Waals surface area contributed by atoms with Gasteiger partial charge >= 0.3 is 5.97 Å². The maximum absolute atomic E-state index is 10.8. The number of hydrogen-bond acceptors (Lipinski definition) is 5. The van der Waals surface area contributed by atoms with Crippen LogP contribution in [0, 0.1) is 0 Å². The van der Waals surface area contributed by atoms with Crippen molar-refractivity contribution >= 4 is 11.7 Å². The molecule has 1 unspecified atom stereocenters. The van der Waals surface area contributed by atoms with Gasteiger partial charge < -0.3 is 19.5 Å². The number of ether oxygens (including phenoxy) is 2. The summed E-state index contributed by atoms with van der Waals surface area (Å²) in [6, 6.07) is 15.8. The van der Waals surface area contributed by atoms with E-state index in [1.807, 2.05) is 67.5 Å². The lowest BCUT2D eigenvalue weighted by Gasteiger charge is -2.32. The van der Waals surface area contributed by atoms with Crippen LogP contribution in [0.2, 0.25) is 0 Å². The second-order valence-electron chi connectivity index (χ2n) is 6.87. The first-order valence-corrected chi connectivity index (χ1v) is 9.12. The van der Waals surface area contributed by atoms with Crippen LogP contribution in [0.4, 0.5) is 5.69 Å². The van der Waals surface area contributed by atoms with Gasteiger partial charge in [0, 0.05) is 45.5 Å². The first-order chi connectivity index (χ1) is 13.0. The molecular weight excluding hydrogens is 344 g/mol. The molecule has 0 spiro atoms. The molecule has 1 heterocycles. The topological polar surface area (TPSA) is 62.2 Å². The molecule has 6 heteroatoms. The zero-order valence-electron chi connectivity index (χ0n) is 15.8. The van der Waals surface area contributed by atoms with Gasteiger partial charge in [0.1, 0.15) is 11.5 Å². The normalized spacial score (nSPS) is 17.5. The molecule has 1 aliphatic rings. The third-order valence-corrected chi connectivity index (χ3v) is 4.61. The number of nitrogens with zero attached hydrogens (tertiary/aromatic N) is 2. The van der Waals surface area contributed by atoms with Crippen LogP contribution < -0.4 is 9.64 Å². The van der Waals surface area contributed by atoms with Crippen LogP contribution in [0.5, 0.6) is 11.5 Å². The highest BCUT2D eigenvalue weighted by molar-refractivity contribution is 5.66. The van der Waals surface area contributed by atoms with Gasteiger partial charge in [-0.05, 0) is 29.8 Å². The van der Waals surface area contributed by atoms with E-state index < -0.39 is 5.97 Å². The van der Waals surface area contributed by atoms with Gasteiger partial charge in [0.05, 0.1) is 19.1 Å². The predicted molar refractivity (Wildman–Crippen MR) is 105 cm³/mol. The number of aliphatic carboxylic acids is 1. The molecule has 1 N–H and O–H groups in total. The molecule has 1 aliphatic heterocycles. The molecule has 0 saturated carbocycles. The van der Waals surface area contributed by atoms with Gasteiger partial charge in [-0.2, -0.15) is 0 Å². The highest BCUT2D eigenvalue weighted by atomic mass is 16.5. The third kappa shape index (κ3) is 5.45. The molecule has 1 saturated heterocycles. The van der Waals surface area contributed by atoms with Gasteiger partial charge in [-0.25, -0.2) is 0 Å². The molecule has 1 fully saturated rings. The average molecular weight is 370 g/mol. The highest BCUT2D eigenvalue weighted by Gasteiger charge is 2.22. The fraction of sp³-hybridized carbons (Fsp3) is 0.381. The minimum Gasteiger partial charge on any atom is -0.481 e. The number of hydrogen-bond donors (Lipinski definition) is 1. The third-order valence-electron chi connectivity index (χ3n) is 4.61. The molecule has 2 aromatic carbocycles. The summed E-state index contributed by atoms with van der Waals surface area (Å²) >= 11 is 0. The van der Waals surface area contributed by atoms with Gasteiger partial charge in [-0.1, -0.05) is 18.2 Å². The van der Waals surface area contributed by atoms with Gasteiger partial charge in [0.25, 0.3) is 0 Å². The summed E-state index contributed by atoms with van der Waals surface area (Å²) in [6.45, 7) is 2.64. The van der Waals surface area contributed by atoms with Crippen LogP contribution in [0.15, 0.2) is 48.5 Å². The Morgan fingerprint density at radius 3 is 2.70 bits per heavy atom. The molecule has 0 aromatic heterocycles. The number of carboxylic acids is 1. The van der Waals surface area contributed by atoms with Gasteiger partial charge in [0.15, 0.2) is 0 Å². The van der Waals surface area contributed by atoms with Crippen molar-refractivity contribution in [2.24, 2.45) is 0 Å². The monoisotopic (exact) mass is 370 g/mol. The van der Waals surface area contributed by atoms with Crippen molar-refractivity contribution in [2.45, 2.75) is 12.5 Å². The van der Waals surface area contributed by atoms with E-state index >= 15 is 0 Å². The Balaban J connectivity index is 1.61. The summed E-state index contributed by atoms with van der Waals surface area (Å²) < 4.78 is 11.8. The minimum absolute atomic E-state index is 0.0429. The Morgan fingerprint density at radius 1 is 1.22 bits per heavy atom. The van der Waals surface area contributed by atoms with Crippen LogP contribution in [0.1, 0.15) is 18.1 Å². The van der Waals surface area contributed by atoms with Crippen LogP contribution in [-0.4, -0.2) is 56.3 Å². The molecule has 0 bridgehead atoms. The van der Waals surface area contributed by atoms with Crippen molar-refractivity contribution < 1.29 is 19.4 Å². The van der Waals surface area contributed by atoms with Crippen LogP contribution >= 0.6 is 0 Å². The lowest BCUT2D eigenvalue weighted by molar-refractivity contribution is -0.137. The molecule has 1 atom stereocenters. The Kier molecular flexibility index (Phi) is 6.32. The average Bonchev–Trinajstić information content (AvgIpc) is 2.67. The van der Waals surface area contributed by atoms with Gasteiger partial charge in [0.2, 0.25) is 0 Å². The van der Waals surface area contributed by atoms with E-state index in [4.69, 9.17) is 14.6 Å². The number of carboxylic acid groups (broad SMARTS) is 1. The summed E-state index contributed by atoms with van der Waals surface area (Å²) in [4.78, 5) is 14.9. The number of anilines is 1. The van der Waals surface area contributed by atoms with E-state index in [1.165, 1.54) is 0 Å². The largest absolute Gasteiger partial charge is 0.481 e. The maximum Gasteiger partial charge on any atom is 0.304 e. The highest BCUT2D eigenvalue weighted by Crippen LogP contribution is 2.28. The molecule has 6 nitrogen and oxygen atoms in total.